The molecule has 0 aromatic heterocycles. The molecule has 1 aromatic carbocycles. The minimum atomic E-state index is 0.263. The molecular formula is C9H8OS. The van der Waals surface area contributed by atoms with Crippen molar-refractivity contribution in [3.63, 3.8) is 0 Å². The van der Waals surface area contributed by atoms with Crippen molar-refractivity contribution in [1.29, 1.82) is 0 Å². The second-order valence-corrected chi connectivity index (χ2v) is 3.14. The number of aromatic hydroxyl groups is 1. The summed E-state index contributed by atoms with van der Waals surface area (Å²) in [5, 5.41) is 9.27. The van der Waals surface area contributed by atoms with Crippen LogP contribution >= 0.6 is 12.6 Å². The summed E-state index contributed by atoms with van der Waals surface area (Å²) in [4.78, 5) is 0.634. The van der Waals surface area contributed by atoms with Crippen LogP contribution in [0, 0.1) is 0 Å². The number of phenols is 1. The van der Waals surface area contributed by atoms with Gasteiger partial charge in [-0.05, 0) is 17.7 Å². The van der Waals surface area contributed by atoms with Crippen LogP contribution < -0.4 is 0 Å². The quantitative estimate of drug-likeness (QED) is 0.482. The Kier molecular flexibility index (Phi) is 1.43. The summed E-state index contributed by atoms with van der Waals surface area (Å²) in [7, 11) is 0. The average molecular weight is 164 g/mol. The van der Waals surface area contributed by atoms with Gasteiger partial charge in [0.2, 0.25) is 0 Å². The number of phenolic OH excluding ortho intramolecular Hbond substituents is 1. The Bertz CT molecular complexity index is 311. The molecule has 1 aromatic rings. The minimum absolute atomic E-state index is 0.263. The summed E-state index contributed by atoms with van der Waals surface area (Å²) < 4.78 is 0. The van der Waals surface area contributed by atoms with E-state index in [2.05, 4.69) is 24.8 Å². The van der Waals surface area contributed by atoms with Crippen molar-refractivity contribution in [1.82, 2.24) is 0 Å². The van der Waals surface area contributed by atoms with Crippen molar-refractivity contribution in [2.24, 2.45) is 0 Å². The van der Waals surface area contributed by atoms with Gasteiger partial charge < -0.3 is 5.11 Å². The number of allylic oxidation sites excluding steroid dienone is 2. The Hall–Kier alpha value is -0.890. The molecule has 0 heterocycles. The van der Waals surface area contributed by atoms with Crippen molar-refractivity contribution in [2.75, 3.05) is 0 Å². The van der Waals surface area contributed by atoms with Gasteiger partial charge in [-0.1, -0.05) is 18.2 Å². The van der Waals surface area contributed by atoms with E-state index in [1.807, 2.05) is 12.1 Å². The molecule has 1 N–H and O–H groups in total. The lowest BCUT2D eigenvalue weighted by atomic mass is 10.1. The summed E-state index contributed by atoms with van der Waals surface area (Å²) in [5.41, 5.74) is 1.14. The molecule has 0 aliphatic heterocycles. The molecular weight excluding hydrogens is 156 g/mol. The second-order valence-electron chi connectivity index (χ2n) is 2.66. The SMILES string of the molecule is Oc1cc(C2C=C2)ccc1S. The highest BCUT2D eigenvalue weighted by atomic mass is 32.1. The number of rotatable bonds is 1. The number of hydrogen-bond acceptors (Lipinski definition) is 2. The first-order valence-corrected chi connectivity index (χ1v) is 3.92. The first-order valence-electron chi connectivity index (χ1n) is 3.47. The third kappa shape index (κ3) is 1.26. The van der Waals surface area contributed by atoms with Crippen LogP contribution in [0.15, 0.2) is 35.2 Å². The van der Waals surface area contributed by atoms with Gasteiger partial charge in [0.15, 0.2) is 0 Å². The van der Waals surface area contributed by atoms with E-state index in [4.69, 9.17) is 0 Å². The average Bonchev–Trinajstić information content (AvgIpc) is 2.77. The fourth-order valence-electron chi connectivity index (χ4n) is 1.03. The molecule has 1 nitrogen and oxygen atoms in total. The maximum Gasteiger partial charge on any atom is 0.129 e. The van der Waals surface area contributed by atoms with Gasteiger partial charge in [-0.2, -0.15) is 0 Å². The molecule has 2 heteroatoms. The first kappa shape index (κ1) is 6.80. The molecule has 0 radical (unpaired) electrons. The zero-order valence-electron chi connectivity index (χ0n) is 5.86. The van der Waals surface area contributed by atoms with Crippen LogP contribution in [0.5, 0.6) is 5.75 Å². The van der Waals surface area contributed by atoms with E-state index >= 15 is 0 Å². The van der Waals surface area contributed by atoms with Crippen LogP contribution in [0.1, 0.15) is 11.5 Å². The van der Waals surface area contributed by atoms with Gasteiger partial charge >= 0.3 is 0 Å². The molecule has 1 aliphatic carbocycles. The maximum atomic E-state index is 9.27. The topological polar surface area (TPSA) is 20.2 Å². The smallest absolute Gasteiger partial charge is 0.129 e. The van der Waals surface area contributed by atoms with E-state index in [0.29, 0.717) is 10.8 Å². The van der Waals surface area contributed by atoms with Crippen molar-refractivity contribution in [2.45, 2.75) is 10.8 Å². The molecule has 2 rings (SSSR count). The Labute approximate surface area is 70.8 Å². The molecule has 0 atom stereocenters. The third-order valence-electron chi connectivity index (χ3n) is 1.77. The highest BCUT2D eigenvalue weighted by Crippen LogP contribution is 2.33. The van der Waals surface area contributed by atoms with Crippen LogP contribution in [-0.4, -0.2) is 5.11 Å². The van der Waals surface area contributed by atoms with Crippen LogP contribution in [0.25, 0.3) is 0 Å². The lowest BCUT2D eigenvalue weighted by Gasteiger charge is -2.00. The lowest BCUT2D eigenvalue weighted by Crippen LogP contribution is -1.79. The Morgan fingerprint density at radius 2 is 2.00 bits per heavy atom. The molecule has 11 heavy (non-hydrogen) atoms. The van der Waals surface area contributed by atoms with E-state index < -0.39 is 0 Å². The zero-order valence-corrected chi connectivity index (χ0v) is 6.75. The van der Waals surface area contributed by atoms with Crippen molar-refractivity contribution in [3.8, 4) is 5.75 Å². The summed E-state index contributed by atoms with van der Waals surface area (Å²) in [6.45, 7) is 0. The van der Waals surface area contributed by atoms with Crippen molar-refractivity contribution in [3.05, 3.63) is 35.9 Å². The predicted molar refractivity (Wildman–Crippen MR) is 47.2 cm³/mol. The minimum Gasteiger partial charge on any atom is -0.507 e. The summed E-state index contributed by atoms with van der Waals surface area (Å²) in [6.07, 6.45) is 4.18. The van der Waals surface area contributed by atoms with Gasteiger partial charge in [0.1, 0.15) is 5.75 Å². The molecule has 1 aliphatic rings. The summed E-state index contributed by atoms with van der Waals surface area (Å²) in [6, 6.07) is 5.55. The van der Waals surface area contributed by atoms with E-state index in [0.717, 1.165) is 5.56 Å². The molecule has 0 amide bonds. The van der Waals surface area contributed by atoms with Gasteiger partial charge in [0.25, 0.3) is 0 Å². The Morgan fingerprint density at radius 1 is 1.27 bits per heavy atom. The largest absolute Gasteiger partial charge is 0.507 e. The van der Waals surface area contributed by atoms with Crippen LogP contribution in [0.3, 0.4) is 0 Å². The zero-order chi connectivity index (χ0) is 7.84. The van der Waals surface area contributed by atoms with Gasteiger partial charge in [-0.25, -0.2) is 0 Å². The molecule has 0 spiro atoms. The number of thiol groups is 1. The van der Waals surface area contributed by atoms with E-state index in [1.54, 1.807) is 6.07 Å². The molecule has 0 unspecified atom stereocenters. The highest BCUT2D eigenvalue weighted by Gasteiger charge is 2.14. The molecule has 0 fully saturated rings. The van der Waals surface area contributed by atoms with Crippen molar-refractivity contribution < 1.29 is 5.11 Å². The van der Waals surface area contributed by atoms with E-state index in [9.17, 15) is 5.11 Å². The monoisotopic (exact) mass is 164 g/mol. The summed E-state index contributed by atoms with van der Waals surface area (Å²) in [5.74, 6) is 0.717. The number of hydrogen-bond donors (Lipinski definition) is 2. The highest BCUT2D eigenvalue weighted by molar-refractivity contribution is 7.80. The fraction of sp³-hybridized carbons (Fsp3) is 0.111. The van der Waals surface area contributed by atoms with E-state index in [1.165, 1.54) is 0 Å². The van der Waals surface area contributed by atoms with Gasteiger partial charge in [-0.3, -0.25) is 0 Å². The van der Waals surface area contributed by atoms with Gasteiger partial charge in [-0.15, -0.1) is 12.6 Å². The summed E-state index contributed by atoms with van der Waals surface area (Å²) >= 11 is 4.06. The molecule has 0 saturated carbocycles. The number of benzene rings is 1. The fourth-order valence-corrected chi connectivity index (χ4v) is 1.16. The molecule has 0 bridgehead atoms. The van der Waals surface area contributed by atoms with Gasteiger partial charge in [0, 0.05) is 10.8 Å². The standard InChI is InChI=1S/C9H8OS/c10-8-5-7(6-1-2-6)3-4-9(8)11/h1-6,10-11H. The molecule has 56 valence electrons. The van der Waals surface area contributed by atoms with E-state index in [-0.39, 0.29) is 5.75 Å². The van der Waals surface area contributed by atoms with Crippen LogP contribution in [0.4, 0.5) is 0 Å². The van der Waals surface area contributed by atoms with Crippen LogP contribution in [0.2, 0.25) is 0 Å². The van der Waals surface area contributed by atoms with Crippen LogP contribution in [-0.2, 0) is 0 Å². The predicted octanol–water partition coefficient (Wildman–Crippen LogP) is 2.33. The Balaban J connectivity index is 2.37. The third-order valence-corrected chi connectivity index (χ3v) is 2.15. The lowest BCUT2D eigenvalue weighted by molar-refractivity contribution is 0.462. The molecule has 0 saturated heterocycles. The van der Waals surface area contributed by atoms with Gasteiger partial charge in [0.05, 0.1) is 0 Å². The second kappa shape index (κ2) is 2.31. The normalized spacial score (nSPS) is 15.4. The first-order chi connectivity index (χ1) is 5.27. The van der Waals surface area contributed by atoms with Crippen molar-refractivity contribution >= 4 is 12.6 Å². The Morgan fingerprint density at radius 3 is 2.55 bits per heavy atom. The maximum absolute atomic E-state index is 9.27.